The molecule has 1 aliphatic carbocycles. The van der Waals surface area contributed by atoms with Crippen molar-refractivity contribution in [2.24, 2.45) is 0 Å². The minimum absolute atomic E-state index is 0.00910. The molecule has 1 saturated carbocycles. The van der Waals surface area contributed by atoms with Crippen molar-refractivity contribution in [3.05, 3.63) is 40.8 Å². The van der Waals surface area contributed by atoms with E-state index in [1.54, 1.807) is 6.07 Å². The second-order valence-electron chi connectivity index (χ2n) is 7.35. The minimum atomic E-state index is -3.66. The fourth-order valence-electron chi connectivity index (χ4n) is 3.41. The van der Waals surface area contributed by atoms with Gasteiger partial charge < -0.3 is 9.73 Å². The summed E-state index contributed by atoms with van der Waals surface area (Å²) in [7, 11) is -3.66. The van der Waals surface area contributed by atoms with Crippen LogP contribution >= 0.6 is 0 Å². The van der Waals surface area contributed by atoms with Gasteiger partial charge >= 0.3 is 5.63 Å². The number of fused-ring (bicyclic) bond motifs is 1. The Morgan fingerprint density at radius 3 is 2.54 bits per heavy atom. The van der Waals surface area contributed by atoms with Crippen LogP contribution in [0.1, 0.15) is 19.8 Å². The van der Waals surface area contributed by atoms with Crippen LogP contribution in [0.5, 0.6) is 0 Å². The Hall–Kier alpha value is -2.23. The maximum absolute atomic E-state index is 13.0. The first-order chi connectivity index (χ1) is 13.3. The van der Waals surface area contributed by atoms with E-state index in [9.17, 15) is 18.0 Å². The molecule has 150 valence electrons. The van der Waals surface area contributed by atoms with Gasteiger partial charge in [0.25, 0.3) is 0 Å². The molecule has 1 unspecified atom stereocenters. The second-order valence-corrected chi connectivity index (χ2v) is 9.29. The molecule has 1 aliphatic heterocycles. The van der Waals surface area contributed by atoms with Crippen molar-refractivity contribution in [2.45, 2.75) is 36.7 Å². The molecule has 2 aromatic rings. The number of hydrogen-bond donors (Lipinski definition) is 1. The highest BCUT2D eigenvalue weighted by Crippen LogP contribution is 2.23. The summed E-state index contributed by atoms with van der Waals surface area (Å²) >= 11 is 0. The van der Waals surface area contributed by atoms with Gasteiger partial charge in [-0.05, 0) is 44.0 Å². The summed E-state index contributed by atoms with van der Waals surface area (Å²) in [5.41, 5.74) is -0.120. The quantitative estimate of drug-likeness (QED) is 0.738. The van der Waals surface area contributed by atoms with Crippen molar-refractivity contribution in [2.75, 3.05) is 26.2 Å². The zero-order chi connectivity index (χ0) is 19.9. The van der Waals surface area contributed by atoms with E-state index in [4.69, 9.17) is 4.42 Å². The molecule has 28 heavy (non-hydrogen) atoms. The number of carbonyl (C=O) groups is 1. The summed E-state index contributed by atoms with van der Waals surface area (Å²) in [6.45, 7) is 3.51. The van der Waals surface area contributed by atoms with Gasteiger partial charge in [0.15, 0.2) is 0 Å². The molecule has 1 N–H and O–H groups in total. The Labute approximate surface area is 163 Å². The number of nitrogens with zero attached hydrogens (tertiary/aromatic N) is 2. The van der Waals surface area contributed by atoms with Crippen LogP contribution < -0.4 is 10.9 Å². The lowest BCUT2D eigenvalue weighted by molar-refractivity contribution is -0.126. The normalized spacial score (nSPS) is 20.2. The predicted octanol–water partition coefficient (Wildman–Crippen LogP) is 0.766. The third-order valence-corrected chi connectivity index (χ3v) is 7.25. The van der Waals surface area contributed by atoms with Crippen molar-refractivity contribution in [1.29, 1.82) is 0 Å². The van der Waals surface area contributed by atoms with E-state index in [0.717, 1.165) is 12.8 Å². The van der Waals surface area contributed by atoms with Crippen LogP contribution in [-0.4, -0.2) is 61.8 Å². The van der Waals surface area contributed by atoms with Gasteiger partial charge in [-0.1, -0.05) is 0 Å². The standard InChI is InChI=1S/C19H23N3O5S/c1-13(19(24)20-15-3-4-15)21-8-10-22(11-9-21)28(25,26)16-5-6-17-14(12-16)2-7-18(23)27-17/h2,5-7,12-13,15H,3-4,8-11H2,1H3,(H,20,24). The molecule has 9 heteroatoms. The average Bonchev–Trinajstić information content (AvgIpc) is 3.51. The Bertz CT molecular complexity index is 1050. The molecular weight excluding hydrogens is 382 g/mol. The molecule has 1 amide bonds. The van der Waals surface area contributed by atoms with E-state index in [0.29, 0.717) is 43.2 Å². The second kappa shape index (κ2) is 7.31. The predicted molar refractivity (Wildman–Crippen MR) is 103 cm³/mol. The Morgan fingerprint density at radius 1 is 1.14 bits per heavy atom. The monoisotopic (exact) mass is 405 g/mol. The van der Waals surface area contributed by atoms with Crippen LogP contribution in [0.15, 0.2) is 44.4 Å². The minimum Gasteiger partial charge on any atom is -0.423 e. The van der Waals surface area contributed by atoms with E-state index in [1.165, 1.54) is 28.6 Å². The maximum Gasteiger partial charge on any atom is 0.336 e. The van der Waals surface area contributed by atoms with Crippen molar-refractivity contribution in [3.8, 4) is 0 Å². The Morgan fingerprint density at radius 2 is 1.86 bits per heavy atom. The Balaban J connectivity index is 1.45. The fraction of sp³-hybridized carbons (Fsp3) is 0.474. The van der Waals surface area contributed by atoms with Crippen LogP contribution in [-0.2, 0) is 14.8 Å². The zero-order valence-electron chi connectivity index (χ0n) is 15.6. The summed E-state index contributed by atoms with van der Waals surface area (Å²) in [4.78, 5) is 25.7. The van der Waals surface area contributed by atoms with Crippen molar-refractivity contribution in [3.63, 3.8) is 0 Å². The molecule has 1 aromatic carbocycles. The summed E-state index contributed by atoms with van der Waals surface area (Å²) in [5, 5.41) is 3.56. The van der Waals surface area contributed by atoms with Crippen molar-refractivity contribution in [1.82, 2.24) is 14.5 Å². The van der Waals surface area contributed by atoms with E-state index in [2.05, 4.69) is 5.32 Å². The van der Waals surface area contributed by atoms with Crippen LogP contribution in [0.4, 0.5) is 0 Å². The van der Waals surface area contributed by atoms with Gasteiger partial charge in [0, 0.05) is 43.7 Å². The lowest BCUT2D eigenvalue weighted by atomic mass is 10.2. The number of sulfonamides is 1. The van der Waals surface area contributed by atoms with Gasteiger partial charge in [0.1, 0.15) is 5.58 Å². The number of rotatable bonds is 5. The molecule has 2 aliphatic rings. The average molecular weight is 405 g/mol. The van der Waals surface area contributed by atoms with Crippen molar-refractivity contribution < 1.29 is 17.6 Å². The summed E-state index contributed by atoms with van der Waals surface area (Å²) in [6.07, 6.45) is 2.08. The molecule has 1 saturated heterocycles. The molecule has 0 bridgehead atoms. The van der Waals surface area contributed by atoms with Gasteiger partial charge in [-0.3, -0.25) is 9.69 Å². The third kappa shape index (κ3) is 3.82. The van der Waals surface area contributed by atoms with Crippen LogP contribution in [0.2, 0.25) is 0 Å². The third-order valence-electron chi connectivity index (χ3n) is 5.35. The molecule has 0 spiro atoms. The molecule has 4 rings (SSSR count). The number of benzene rings is 1. The smallest absolute Gasteiger partial charge is 0.336 e. The number of hydrogen-bond acceptors (Lipinski definition) is 6. The van der Waals surface area contributed by atoms with Gasteiger partial charge in [-0.15, -0.1) is 0 Å². The maximum atomic E-state index is 13.0. The molecule has 2 fully saturated rings. The van der Waals surface area contributed by atoms with E-state index in [-0.39, 0.29) is 16.8 Å². The van der Waals surface area contributed by atoms with Crippen LogP contribution in [0, 0.1) is 0 Å². The molecule has 2 heterocycles. The van der Waals surface area contributed by atoms with Gasteiger partial charge in [-0.2, -0.15) is 4.31 Å². The summed E-state index contributed by atoms with van der Waals surface area (Å²) in [6, 6.07) is 7.35. The SMILES string of the molecule is CC(C(=O)NC1CC1)N1CCN(S(=O)(=O)c2ccc3oc(=O)ccc3c2)CC1. The summed E-state index contributed by atoms with van der Waals surface area (Å²) < 4.78 is 32.5. The van der Waals surface area contributed by atoms with E-state index >= 15 is 0 Å². The van der Waals surface area contributed by atoms with Crippen molar-refractivity contribution >= 4 is 26.9 Å². The lowest BCUT2D eigenvalue weighted by Crippen LogP contribution is -2.55. The molecule has 8 nitrogen and oxygen atoms in total. The van der Waals surface area contributed by atoms with E-state index in [1.807, 2.05) is 11.8 Å². The fourth-order valence-corrected chi connectivity index (χ4v) is 4.86. The largest absolute Gasteiger partial charge is 0.423 e. The van der Waals surface area contributed by atoms with Crippen LogP contribution in [0.3, 0.4) is 0 Å². The van der Waals surface area contributed by atoms with Gasteiger partial charge in [-0.25, -0.2) is 13.2 Å². The Kier molecular flexibility index (Phi) is 4.98. The van der Waals surface area contributed by atoms with Gasteiger partial charge in [0.05, 0.1) is 10.9 Å². The number of amides is 1. The van der Waals surface area contributed by atoms with E-state index < -0.39 is 15.6 Å². The first-order valence-electron chi connectivity index (χ1n) is 9.43. The number of piperazine rings is 1. The number of carbonyl (C=O) groups excluding carboxylic acids is 1. The number of nitrogens with one attached hydrogen (secondary N) is 1. The first kappa shape index (κ1) is 19.1. The first-order valence-corrected chi connectivity index (χ1v) is 10.9. The van der Waals surface area contributed by atoms with Gasteiger partial charge in [0.2, 0.25) is 15.9 Å². The van der Waals surface area contributed by atoms with Crippen LogP contribution in [0.25, 0.3) is 11.0 Å². The highest BCUT2D eigenvalue weighted by atomic mass is 32.2. The molecule has 1 aromatic heterocycles. The lowest BCUT2D eigenvalue weighted by Gasteiger charge is -2.36. The molecule has 1 atom stereocenters. The topological polar surface area (TPSA) is 99.9 Å². The molecule has 0 radical (unpaired) electrons. The highest BCUT2D eigenvalue weighted by molar-refractivity contribution is 7.89. The zero-order valence-corrected chi connectivity index (χ0v) is 16.4. The molecular formula is C19H23N3O5S. The highest BCUT2D eigenvalue weighted by Gasteiger charge is 2.33. The summed E-state index contributed by atoms with van der Waals surface area (Å²) in [5.74, 6) is 0.00910.